The highest BCUT2D eigenvalue weighted by molar-refractivity contribution is 6.30. The van der Waals surface area contributed by atoms with Gasteiger partial charge in [0, 0.05) is 16.6 Å². The van der Waals surface area contributed by atoms with Crippen molar-refractivity contribution in [2.24, 2.45) is 11.8 Å². The molecule has 25 heavy (non-hydrogen) atoms. The van der Waals surface area contributed by atoms with E-state index in [-0.39, 0.29) is 11.8 Å². The molecular formula is C22H26ClNO. The Morgan fingerprint density at radius 1 is 1.00 bits per heavy atom. The van der Waals surface area contributed by atoms with E-state index in [9.17, 15) is 4.79 Å². The van der Waals surface area contributed by atoms with Crippen LogP contribution in [0.1, 0.15) is 49.7 Å². The highest BCUT2D eigenvalue weighted by Crippen LogP contribution is 2.39. The number of hydrogen-bond acceptors (Lipinski definition) is 1. The summed E-state index contributed by atoms with van der Waals surface area (Å²) in [5.41, 5.74) is 3.57. The lowest BCUT2D eigenvalue weighted by Crippen LogP contribution is -2.29. The maximum absolute atomic E-state index is 12.5. The molecule has 0 radical (unpaired) electrons. The molecule has 1 aliphatic rings. The van der Waals surface area contributed by atoms with Gasteiger partial charge >= 0.3 is 0 Å². The number of carbonyl (C=O) groups is 1. The zero-order chi connectivity index (χ0) is 17.8. The summed E-state index contributed by atoms with van der Waals surface area (Å²) in [5, 5.41) is 3.70. The van der Waals surface area contributed by atoms with Gasteiger partial charge in [0.25, 0.3) is 0 Å². The van der Waals surface area contributed by atoms with Gasteiger partial charge in [0.1, 0.15) is 0 Å². The third-order valence-corrected chi connectivity index (χ3v) is 5.80. The number of nitrogens with one attached hydrogen (secondary N) is 1. The molecule has 1 fully saturated rings. The number of rotatable bonds is 4. The van der Waals surface area contributed by atoms with E-state index in [4.69, 9.17) is 11.6 Å². The number of hydrogen-bond donors (Lipinski definition) is 1. The first-order valence-corrected chi connectivity index (χ1v) is 9.53. The zero-order valence-corrected chi connectivity index (χ0v) is 15.7. The highest BCUT2D eigenvalue weighted by atomic mass is 35.5. The van der Waals surface area contributed by atoms with Crippen LogP contribution in [0.2, 0.25) is 5.02 Å². The first-order valence-electron chi connectivity index (χ1n) is 9.16. The smallest absolute Gasteiger partial charge is 0.227 e. The van der Waals surface area contributed by atoms with Gasteiger partial charge in [0.2, 0.25) is 5.91 Å². The quantitative estimate of drug-likeness (QED) is 0.695. The van der Waals surface area contributed by atoms with Gasteiger partial charge in [-0.3, -0.25) is 4.79 Å². The molecule has 1 saturated carbocycles. The van der Waals surface area contributed by atoms with Crippen LogP contribution in [-0.2, 0) is 4.79 Å². The fourth-order valence-electron chi connectivity index (χ4n) is 3.79. The van der Waals surface area contributed by atoms with E-state index in [0.717, 1.165) is 18.5 Å². The van der Waals surface area contributed by atoms with Gasteiger partial charge in [-0.05, 0) is 74.3 Å². The summed E-state index contributed by atoms with van der Waals surface area (Å²) in [6.45, 7) is 4.18. The molecule has 0 unspecified atom stereocenters. The monoisotopic (exact) mass is 355 g/mol. The predicted molar refractivity (Wildman–Crippen MR) is 105 cm³/mol. The Morgan fingerprint density at radius 3 is 2.20 bits per heavy atom. The lowest BCUT2D eigenvalue weighted by molar-refractivity contribution is -0.121. The number of carbonyl (C=O) groups excluding carboxylic acids is 1. The minimum absolute atomic E-state index is 0.0367. The van der Waals surface area contributed by atoms with E-state index in [1.165, 1.54) is 24.0 Å². The maximum atomic E-state index is 12.5. The lowest BCUT2D eigenvalue weighted by Gasteiger charge is -2.32. The molecule has 1 N–H and O–H groups in total. The van der Waals surface area contributed by atoms with Crippen molar-refractivity contribution in [2.45, 2.75) is 45.4 Å². The summed E-state index contributed by atoms with van der Waals surface area (Å²) in [7, 11) is 0. The molecule has 0 aromatic heterocycles. The van der Waals surface area contributed by atoms with Crippen LogP contribution in [0.3, 0.4) is 0 Å². The topological polar surface area (TPSA) is 29.1 Å². The summed E-state index contributed by atoms with van der Waals surface area (Å²) in [6, 6.07) is 16.2. The zero-order valence-electron chi connectivity index (χ0n) is 15.0. The van der Waals surface area contributed by atoms with Crippen LogP contribution < -0.4 is 5.32 Å². The molecule has 3 heteroatoms. The molecule has 0 saturated heterocycles. The van der Waals surface area contributed by atoms with E-state index < -0.39 is 0 Å². The van der Waals surface area contributed by atoms with Crippen LogP contribution in [-0.4, -0.2) is 5.91 Å². The van der Waals surface area contributed by atoms with Crippen molar-refractivity contribution in [1.29, 1.82) is 0 Å². The second-order valence-corrected chi connectivity index (χ2v) is 7.74. The minimum atomic E-state index is 0.0367. The first-order chi connectivity index (χ1) is 12.0. The predicted octanol–water partition coefficient (Wildman–Crippen LogP) is 6.20. The van der Waals surface area contributed by atoms with Crippen molar-refractivity contribution in [3.63, 3.8) is 0 Å². The van der Waals surface area contributed by atoms with Crippen LogP contribution in [0.4, 0.5) is 5.69 Å². The van der Waals surface area contributed by atoms with Gasteiger partial charge in [-0.2, -0.15) is 0 Å². The Labute approximate surface area is 155 Å². The normalized spacial score (nSPS) is 21.6. The largest absolute Gasteiger partial charge is 0.326 e. The van der Waals surface area contributed by atoms with Crippen LogP contribution in [0.25, 0.3) is 0 Å². The number of halogens is 1. The Kier molecular flexibility index (Phi) is 5.80. The summed E-state index contributed by atoms with van der Waals surface area (Å²) in [5.74, 6) is 1.26. The molecule has 2 aromatic rings. The van der Waals surface area contributed by atoms with E-state index in [1.807, 2.05) is 12.1 Å². The third-order valence-electron chi connectivity index (χ3n) is 5.55. The molecule has 0 bridgehead atoms. The number of amides is 1. The SMILES string of the molecule is Cc1ccc(C2CCC([C@@H](C)C(=O)Nc3ccc(Cl)cc3)CC2)cc1. The molecule has 1 aliphatic carbocycles. The number of anilines is 1. The molecule has 0 aliphatic heterocycles. The van der Waals surface area contributed by atoms with Gasteiger partial charge in [-0.1, -0.05) is 48.4 Å². The molecule has 0 spiro atoms. The van der Waals surface area contributed by atoms with E-state index in [1.54, 1.807) is 12.1 Å². The standard InChI is InChI=1S/C22H26ClNO/c1-15-3-5-18(6-4-15)19-9-7-17(8-10-19)16(2)22(25)24-21-13-11-20(23)12-14-21/h3-6,11-14,16-17,19H,7-10H2,1-2H3,(H,24,25)/t16-,17?,19?/m1/s1. The summed E-state index contributed by atoms with van der Waals surface area (Å²) >= 11 is 5.89. The van der Waals surface area contributed by atoms with Gasteiger partial charge in [-0.15, -0.1) is 0 Å². The Hall–Kier alpha value is -1.80. The second kappa shape index (κ2) is 8.05. The molecule has 3 rings (SSSR count). The molecule has 2 aromatic carbocycles. The Morgan fingerprint density at radius 2 is 1.60 bits per heavy atom. The van der Waals surface area contributed by atoms with Crippen molar-refractivity contribution >= 4 is 23.2 Å². The molecule has 1 atom stereocenters. The lowest BCUT2D eigenvalue weighted by atomic mass is 9.74. The van der Waals surface area contributed by atoms with Crippen molar-refractivity contribution in [2.75, 3.05) is 5.32 Å². The average Bonchev–Trinajstić information content (AvgIpc) is 2.64. The Balaban J connectivity index is 1.53. The maximum Gasteiger partial charge on any atom is 0.227 e. The Bertz CT molecular complexity index is 700. The average molecular weight is 356 g/mol. The third kappa shape index (κ3) is 4.64. The van der Waals surface area contributed by atoms with Crippen LogP contribution >= 0.6 is 11.6 Å². The molecule has 1 amide bonds. The van der Waals surface area contributed by atoms with Gasteiger partial charge in [0.05, 0.1) is 0 Å². The van der Waals surface area contributed by atoms with Crippen molar-refractivity contribution in [1.82, 2.24) is 0 Å². The fourth-order valence-corrected chi connectivity index (χ4v) is 3.92. The highest BCUT2D eigenvalue weighted by Gasteiger charge is 2.29. The minimum Gasteiger partial charge on any atom is -0.326 e. The molecule has 132 valence electrons. The second-order valence-electron chi connectivity index (χ2n) is 7.31. The summed E-state index contributed by atoms with van der Waals surface area (Å²) < 4.78 is 0. The van der Waals surface area contributed by atoms with Crippen molar-refractivity contribution in [3.05, 3.63) is 64.7 Å². The van der Waals surface area contributed by atoms with Crippen LogP contribution in [0.15, 0.2) is 48.5 Å². The van der Waals surface area contributed by atoms with E-state index in [0.29, 0.717) is 16.9 Å². The molecule has 0 heterocycles. The van der Waals surface area contributed by atoms with Gasteiger partial charge < -0.3 is 5.32 Å². The van der Waals surface area contributed by atoms with Gasteiger partial charge in [-0.25, -0.2) is 0 Å². The molecular weight excluding hydrogens is 330 g/mol. The number of benzene rings is 2. The summed E-state index contributed by atoms with van der Waals surface area (Å²) in [6.07, 6.45) is 4.58. The van der Waals surface area contributed by atoms with Crippen LogP contribution in [0.5, 0.6) is 0 Å². The first kappa shape index (κ1) is 18.0. The summed E-state index contributed by atoms with van der Waals surface area (Å²) in [4.78, 5) is 12.5. The molecule has 2 nitrogen and oxygen atoms in total. The fraction of sp³-hybridized carbons (Fsp3) is 0.409. The van der Waals surface area contributed by atoms with Crippen molar-refractivity contribution < 1.29 is 4.79 Å². The van der Waals surface area contributed by atoms with E-state index >= 15 is 0 Å². The number of aryl methyl sites for hydroxylation is 1. The van der Waals surface area contributed by atoms with E-state index in [2.05, 4.69) is 43.4 Å². The van der Waals surface area contributed by atoms with Gasteiger partial charge in [0.15, 0.2) is 0 Å². The van der Waals surface area contributed by atoms with Crippen LogP contribution in [0, 0.1) is 18.8 Å². The van der Waals surface area contributed by atoms with Crippen molar-refractivity contribution in [3.8, 4) is 0 Å².